The minimum absolute atomic E-state index is 0.0528. The van der Waals surface area contributed by atoms with Gasteiger partial charge in [0.2, 0.25) is 4.77 Å². The quantitative estimate of drug-likeness (QED) is 0.355. The highest BCUT2D eigenvalue weighted by atomic mass is 32.1. The Labute approximate surface area is 159 Å². The zero-order valence-electron chi connectivity index (χ0n) is 14.2. The molecule has 1 heterocycles. The maximum atomic E-state index is 12.6. The Morgan fingerprint density at radius 3 is 2.59 bits per heavy atom. The van der Waals surface area contributed by atoms with Gasteiger partial charge >= 0.3 is 0 Å². The number of nitrogens with zero attached hydrogens (tertiary/aromatic N) is 2. The van der Waals surface area contributed by atoms with Gasteiger partial charge in [-0.25, -0.2) is 0 Å². The van der Waals surface area contributed by atoms with E-state index in [-0.39, 0.29) is 16.4 Å². The van der Waals surface area contributed by atoms with Crippen LogP contribution in [0.1, 0.15) is 27.3 Å². The first kappa shape index (κ1) is 18.2. The fraction of sp³-hybridized carbons (Fsp3) is 0.0556. The largest absolute Gasteiger partial charge is 0.319 e. The Kier molecular flexibility index (Phi) is 5.23. The number of hydrogen-bond donors (Lipinski definition) is 3. The van der Waals surface area contributed by atoms with E-state index in [1.54, 1.807) is 30.3 Å². The second-order valence-corrected chi connectivity index (χ2v) is 6.13. The van der Waals surface area contributed by atoms with Crippen LogP contribution in [0.2, 0.25) is 0 Å². The van der Waals surface area contributed by atoms with Crippen molar-refractivity contribution in [1.82, 2.24) is 20.5 Å². The van der Waals surface area contributed by atoms with E-state index in [1.165, 1.54) is 12.1 Å². The molecule has 0 saturated heterocycles. The smallest absolute Gasteiger partial charge is 0.270 e. The van der Waals surface area contributed by atoms with Gasteiger partial charge in [-0.05, 0) is 42.9 Å². The van der Waals surface area contributed by atoms with Crippen molar-refractivity contribution in [3.8, 4) is 0 Å². The first-order valence-electron chi connectivity index (χ1n) is 7.91. The Morgan fingerprint density at radius 2 is 1.96 bits per heavy atom. The molecule has 0 radical (unpaired) electrons. The molecule has 9 heteroatoms. The number of aromatic amines is 2. The van der Waals surface area contributed by atoms with E-state index in [9.17, 15) is 14.9 Å². The summed E-state index contributed by atoms with van der Waals surface area (Å²) in [4.78, 5) is 27.2. The Bertz CT molecular complexity index is 1080. The second kappa shape index (κ2) is 7.75. The van der Waals surface area contributed by atoms with Crippen LogP contribution >= 0.6 is 12.2 Å². The van der Waals surface area contributed by atoms with E-state index in [2.05, 4.69) is 20.5 Å². The van der Waals surface area contributed by atoms with Crippen LogP contribution in [0.15, 0.2) is 48.5 Å². The number of nitro groups is 1. The lowest BCUT2D eigenvalue weighted by Gasteiger charge is -2.08. The van der Waals surface area contributed by atoms with Gasteiger partial charge in [-0.1, -0.05) is 29.8 Å². The van der Waals surface area contributed by atoms with Crippen LogP contribution in [-0.4, -0.2) is 26.0 Å². The summed E-state index contributed by atoms with van der Waals surface area (Å²) in [6, 6.07) is 13.1. The van der Waals surface area contributed by atoms with Gasteiger partial charge in [0.05, 0.1) is 10.6 Å². The number of carbonyl (C=O) groups excluding carboxylic acids is 1. The molecule has 0 unspecified atom stereocenters. The third-order valence-corrected chi connectivity index (χ3v) is 3.90. The lowest BCUT2D eigenvalue weighted by molar-refractivity contribution is -0.384. The maximum absolute atomic E-state index is 12.6. The highest BCUT2D eigenvalue weighted by Crippen LogP contribution is 2.18. The molecule has 3 aromatic rings. The molecule has 27 heavy (non-hydrogen) atoms. The van der Waals surface area contributed by atoms with Crippen molar-refractivity contribution in [2.75, 3.05) is 0 Å². The van der Waals surface area contributed by atoms with Crippen LogP contribution in [-0.2, 0) is 0 Å². The van der Waals surface area contributed by atoms with Crippen molar-refractivity contribution >= 4 is 35.6 Å². The summed E-state index contributed by atoms with van der Waals surface area (Å²) in [5.74, 6) is -0.0269. The number of carbonyl (C=O) groups is 1. The number of benzene rings is 2. The normalized spacial score (nSPS) is 11.2. The Balaban J connectivity index is 1.97. The average Bonchev–Trinajstić information content (AvgIpc) is 3.08. The van der Waals surface area contributed by atoms with Crippen molar-refractivity contribution in [2.45, 2.75) is 6.92 Å². The van der Waals surface area contributed by atoms with Gasteiger partial charge in [0.1, 0.15) is 0 Å². The molecule has 0 aliphatic carbocycles. The molecule has 3 N–H and O–H groups in total. The van der Waals surface area contributed by atoms with Crippen LogP contribution in [0.5, 0.6) is 0 Å². The van der Waals surface area contributed by atoms with Gasteiger partial charge in [-0.3, -0.25) is 25.1 Å². The first-order valence-corrected chi connectivity index (χ1v) is 8.32. The number of aromatic nitrogens is 3. The number of amides is 1. The summed E-state index contributed by atoms with van der Waals surface area (Å²) in [6.45, 7) is 1.93. The third-order valence-electron chi connectivity index (χ3n) is 3.71. The minimum Gasteiger partial charge on any atom is -0.319 e. The number of nitrogens with one attached hydrogen (secondary N) is 3. The van der Waals surface area contributed by atoms with E-state index >= 15 is 0 Å². The molecule has 0 saturated carbocycles. The molecule has 136 valence electrons. The zero-order chi connectivity index (χ0) is 19.4. The molecule has 1 aromatic heterocycles. The van der Waals surface area contributed by atoms with Gasteiger partial charge in [0.25, 0.3) is 11.6 Å². The number of rotatable bonds is 5. The summed E-state index contributed by atoms with van der Waals surface area (Å²) in [5, 5.41) is 19.2. The molecule has 3 rings (SSSR count). The van der Waals surface area contributed by atoms with Crippen molar-refractivity contribution in [2.24, 2.45) is 0 Å². The van der Waals surface area contributed by atoms with E-state index in [0.29, 0.717) is 22.6 Å². The summed E-state index contributed by atoms with van der Waals surface area (Å²) in [7, 11) is 0. The highest BCUT2D eigenvalue weighted by Gasteiger charge is 2.13. The predicted octanol–water partition coefficient (Wildman–Crippen LogP) is 3.61. The average molecular weight is 381 g/mol. The molecular weight excluding hydrogens is 366 g/mol. The van der Waals surface area contributed by atoms with Gasteiger partial charge in [-0.2, -0.15) is 4.98 Å². The van der Waals surface area contributed by atoms with Crippen molar-refractivity contribution < 1.29 is 9.72 Å². The lowest BCUT2D eigenvalue weighted by Crippen LogP contribution is -2.22. The summed E-state index contributed by atoms with van der Waals surface area (Å²) in [5.41, 5.74) is 2.32. The topological polar surface area (TPSA) is 117 Å². The van der Waals surface area contributed by atoms with Crippen LogP contribution < -0.4 is 5.32 Å². The fourth-order valence-corrected chi connectivity index (χ4v) is 2.50. The van der Waals surface area contributed by atoms with Crippen LogP contribution in [0.25, 0.3) is 11.8 Å². The fourth-order valence-electron chi connectivity index (χ4n) is 2.36. The summed E-state index contributed by atoms with van der Waals surface area (Å²) in [6.07, 6.45) is 1.58. The monoisotopic (exact) mass is 381 g/mol. The van der Waals surface area contributed by atoms with Crippen molar-refractivity contribution in [3.05, 3.63) is 85.9 Å². The van der Waals surface area contributed by atoms with Crippen molar-refractivity contribution in [1.29, 1.82) is 0 Å². The van der Waals surface area contributed by atoms with Crippen molar-refractivity contribution in [3.63, 3.8) is 0 Å². The number of non-ortho nitro benzene ring substituents is 1. The number of aryl methyl sites for hydroxylation is 1. The van der Waals surface area contributed by atoms with E-state index in [0.717, 1.165) is 5.56 Å². The third kappa shape index (κ3) is 4.53. The number of nitro benzene ring substituents is 1. The summed E-state index contributed by atoms with van der Waals surface area (Å²) < 4.78 is 0.222. The van der Waals surface area contributed by atoms with Crippen LogP contribution in [0.3, 0.4) is 0 Å². The van der Waals surface area contributed by atoms with Gasteiger partial charge < -0.3 is 5.32 Å². The standard InChI is InChI=1S/C18H15N5O3S/c1-11-5-7-13(8-6-11)17(24)19-15(16-20-18(27)22-21-16)10-12-3-2-4-14(9-12)23(25)26/h2-10H,1H3,(H,19,24)(H2,20,21,22,27)/b15-10+. The molecule has 0 spiro atoms. The molecule has 0 aliphatic rings. The molecule has 8 nitrogen and oxygen atoms in total. The zero-order valence-corrected chi connectivity index (χ0v) is 15.0. The molecule has 2 aromatic carbocycles. The number of H-pyrrole nitrogens is 2. The van der Waals surface area contributed by atoms with Gasteiger partial charge in [0.15, 0.2) is 5.82 Å². The molecule has 0 atom stereocenters. The van der Waals surface area contributed by atoms with Gasteiger partial charge in [0, 0.05) is 17.7 Å². The SMILES string of the molecule is Cc1ccc(C(=O)N/C(=C/c2cccc([N+](=O)[O-])c2)c2nc(=S)[nH][nH]2)cc1. The molecule has 0 aliphatic heterocycles. The minimum atomic E-state index is -0.482. The van der Waals surface area contributed by atoms with E-state index < -0.39 is 4.92 Å². The second-order valence-electron chi connectivity index (χ2n) is 5.75. The van der Waals surface area contributed by atoms with Gasteiger partial charge in [-0.15, -0.1) is 0 Å². The Morgan fingerprint density at radius 1 is 1.22 bits per heavy atom. The lowest BCUT2D eigenvalue weighted by atomic mass is 10.1. The molecule has 0 bridgehead atoms. The highest BCUT2D eigenvalue weighted by molar-refractivity contribution is 7.71. The molecule has 1 amide bonds. The van der Waals surface area contributed by atoms with E-state index in [1.807, 2.05) is 19.1 Å². The van der Waals surface area contributed by atoms with E-state index in [4.69, 9.17) is 12.2 Å². The first-order chi connectivity index (χ1) is 12.9. The maximum Gasteiger partial charge on any atom is 0.270 e. The number of hydrogen-bond acceptors (Lipinski definition) is 5. The summed E-state index contributed by atoms with van der Waals surface area (Å²) >= 11 is 4.97. The van der Waals surface area contributed by atoms with Crippen LogP contribution in [0, 0.1) is 21.8 Å². The molecular formula is C18H15N5O3S. The predicted molar refractivity (Wildman–Crippen MR) is 103 cm³/mol. The Hall–Kier alpha value is -3.59. The van der Waals surface area contributed by atoms with Crippen LogP contribution in [0.4, 0.5) is 5.69 Å². The molecule has 0 fully saturated rings.